The minimum Gasteiger partial charge on any atom is -0.383 e. The molecule has 0 aliphatic rings. The van der Waals surface area contributed by atoms with Gasteiger partial charge >= 0.3 is 0 Å². The normalized spacial score (nSPS) is 11.3. The van der Waals surface area contributed by atoms with Gasteiger partial charge < -0.3 is 20.3 Å². The van der Waals surface area contributed by atoms with Crippen molar-refractivity contribution in [2.45, 2.75) is 11.3 Å². The number of rotatable bonds is 10. The standard InChI is InChI=1S/C17H27FN4O2S/c1-22(2)16(23)13-21-17(20-10-11-24-3)19-9-4-12-25-15-7-5-14(18)6-8-15/h5-8H,4,9-13H2,1-3H3,(H2,19,20,21). The fourth-order valence-corrected chi connectivity index (χ4v) is 2.59. The number of likely N-dealkylation sites (N-methyl/N-ethyl adjacent to an activating group) is 1. The van der Waals surface area contributed by atoms with Gasteiger partial charge in [0, 0.05) is 39.2 Å². The Morgan fingerprint density at radius 1 is 1.24 bits per heavy atom. The van der Waals surface area contributed by atoms with E-state index in [9.17, 15) is 9.18 Å². The predicted octanol–water partition coefficient (Wildman–Crippen LogP) is 1.58. The van der Waals surface area contributed by atoms with Gasteiger partial charge in [-0.05, 0) is 36.4 Å². The van der Waals surface area contributed by atoms with Crippen molar-refractivity contribution in [1.29, 1.82) is 0 Å². The zero-order valence-corrected chi connectivity index (χ0v) is 15.9. The number of carbonyl (C=O) groups excluding carboxylic acids is 1. The number of methoxy groups -OCH3 is 1. The van der Waals surface area contributed by atoms with Gasteiger partial charge in [0.15, 0.2) is 5.96 Å². The van der Waals surface area contributed by atoms with Crippen LogP contribution in [0.15, 0.2) is 34.2 Å². The Morgan fingerprint density at radius 3 is 2.56 bits per heavy atom. The van der Waals surface area contributed by atoms with E-state index in [-0.39, 0.29) is 18.3 Å². The molecule has 0 radical (unpaired) electrons. The molecule has 140 valence electrons. The molecule has 8 heteroatoms. The third kappa shape index (κ3) is 9.93. The second-order valence-corrected chi connectivity index (χ2v) is 6.62. The smallest absolute Gasteiger partial charge is 0.243 e. The first-order valence-electron chi connectivity index (χ1n) is 8.12. The molecule has 2 N–H and O–H groups in total. The Balaban J connectivity index is 2.33. The number of aliphatic imine (C=N–C) groups is 1. The number of hydrogen-bond acceptors (Lipinski definition) is 4. The third-order valence-electron chi connectivity index (χ3n) is 3.17. The van der Waals surface area contributed by atoms with Crippen molar-refractivity contribution in [3.8, 4) is 0 Å². The van der Waals surface area contributed by atoms with E-state index in [0.717, 1.165) is 23.6 Å². The number of nitrogens with zero attached hydrogens (tertiary/aromatic N) is 2. The topological polar surface area (TPSA) is 66.0 Å². The second kappa shape index (κ2) is 12.5. The molecular formula is C17H27FN4O2S. The van der Waals surface area contributed by atoms with Gasteiger partial charge in [-0.3, -0.25) is 4.79 Å². The lowest BCUT2D eigenvalue weighted by molar-refractivity contribution is -0.127. The van der Waals surface area contributed by atoms with E-state index in [1.807, 2.05) is 0 Å². The highest BCUT2D eigenvalue weighted by molar-refractivity contribution is 7.99. The van der Waals surface area contributed by atoms with Crippen molar-refractivity contribution < 1.29 is 13.9 Å². The molecule has 0 bridgehead atoms. The van der Waals surface area contributed by atoms with Crippen LogP contribution in [-0.2, 0) is 9.53 Å². The quantitative estimate of drug-likeness (QED) is 0.283. The molecule has 0 atom stereocenters. The van der Waals surface area contributed by atoms with Gasteiger partial charge in [-0.25, -0.2) is 9.38 Å². The highest BCUT2D eigenvalue weighted by atomic mass is 32.2. The number of nitrogens with one attached hydrogen (secondary N) is 2. The first kappa shape index (κ1) is 21.2. The maximum atomic E-state index is 12.8. The van der Waals surface area contributed by atoms with Gasteiger partial charge in [-0.1, -0.05) is 0 Å². The van der Waals surface area contributed by atoms with Crippen LogP contribution in [0.25, 0.3) is 0 Å². The number of benzene rings is 1. The van der Waals surface area contributed by atoms with Gasteiger partial charge in [0.05, 0.1) is 6.61 Å². The monoisotopic (exact) mass is 370 g/mol. The van der Waals surface area contributed by atoms with Crippen LogP contribution in [0.1, 0.15) is 6.42 Å². The largest absolute Gasteiger partial charge is 0.383 e. The summed E-state index contributed by atoms with van der Waals surface area (Å²) in [5, 5.41) is 6.33. The molecule has 0 spiro atoms. The van der Waals surface area contributed by atoms with Gasteiger partial charge in [-0.15, -0.1) is 11.8 Å². The Kier molecular flexibility index (Phi) is 10.7. The molecule has 0 saturated carbocycles. The highest BCUT2D eigenvalue weighted by Crippen LogP contribution is 2.18. The molecule has 0 unspecified atom stereocenters. The van der Waals surface area contributed by atoms with E-state index in [1.165, 1.54) is 17.0 Å². The van der Waals surface area contributed by atoms with Crippen LogP contribution < -0.4 is 10.6 Å². The number of carbonyl (C=O) groups is 1. The van der Waals surface area contributed by atoms with E-state index in [0.29, 0.717) is 19.1 Å². The minimum absolute atomic E-state index is 0.0558. The van der Waals surface area contributed by atoms with Crippen molar-refractivity contribution in [3.05, 3.63) is 30.1 Å². The lowest BCUT2D eigenvalue weighted by atomic mass is 10.4. The summed E-state index contributed by atoms with van der Waals surface area (Å²) in [5.74, 6) is 1.22. The highest BCUT2D eigenvalue weighted by Gasteiger charge is 2.04. The van der Waals surface area contributed by atoms with E-state index in [1.54, 1.807) is 45.1 Å². The molecule has 1 amide bonds. The third-order valence-corrected chi connectivity index (χ3v) is 4.26. The predicted molar refractivity (Wildman–Crippen MR) is 101 cm³/mol. The molecule has 25 heavy (non-hydrogen) atoms. The Bertz CT molecular complexity index is 538. The van der Waals surface area contributed by atoms with Gasteiger partial charge in [0.2, 0.25) is 5.91 Å². The van der Waals surface area contributed by atoms with Crippen molar-refractivity contribution >= 4 is 23.6 Å². The summed E-state index contributed by atoms with van der Waals surface area (Å²) in [6, 6.07) is 6.48. The molecule has 0 aromatic heterocycles. The van der Waals surface area contributed by atoms with Crippen molar-refractivity contribution in [2.24, 2.45) is 4.99 Å². The molecule has 0 saturated heterocycles. The summed E-state index contributed by atoms with van der Waals surface area (Å²) in [5.41, 5.74) is 0. The first-order chi connectivity index (χ1) is 12.0. The SMILES string of the molecule is COCCNC(=NCC(=O)N(C)C)NCCCSc1ccc(F)cc1. The molecule has 0 aliphatic carbocycles. The lowest BCUT2D eigenvalue weighted by Gasteiger charge is -2.13. The van der Waals surface area contributed by atoms with Crippen molar-refractivity contribution in [2.75, 3.05) is 53.2 Å². The van der Waals surface area contributed by atoms with E-state index in [2.05, 4.69) is 15.6 Å². The fraction of sp³-hybridized carbons (Fsp3) is 0.529. The number of guanidine groups is 1. The number of thioether (sulfide) groups is 1. The summed E-state index contributed by atoms with van der Waals surface area (Å²) < 4.78 is 17.9. The average molecular weight is 370 g/mol. The molecule has 1 aromatic carbocycles. The van der Waals surface area contributed by atoms with E-state index in [4.69, 9.17) is 4.74 Å². The van der Waals surface area contributed by atoms with Gasteiger partial charge in [0.1, 0.15) is 12.4 Å². The van der Waals surface area contributed by atoms with E-state index >= 15 is 0 Å². The molecular weight excluding hydrogens is 343 g/mol. The van der Waals surface area contributed by atoms with Crippen LogP contribution in [0.5, 0.6) is 0 Å². The molecule has 1 rings (SSSR count). The zero-order valence-electron chi connectivity index (χ0n) is 15.0. The molecule has 6 nitrogen and oxygen atoms in total. The minimum atomic E-state index is -0.221. The average Bonchev–Trinajstić information content (AvgIpc) is 2.60. The van der Waals surface area contributed by atoms with Crippen LogP contribution in [-0.4, -0.2) is 70.0 Å². The molecule has 0 heterocycles. The van der Waals surface area contributed by atoms with E-state index < -0.39 is 0 Å². The van der Waals surface area contributed by atoms with Crippen LogP contribution in [0.2, 0.25) is 0 Å². The number of ether oxygens (including phenoxy) is 1. The Hall–Kier alpha value is -1.80. The van der Waals surface area contributed by atoms with Crippen molar-refractivity contribution in [3.63, 3.8) is 0 Å². The second-order valence-electron chi connectivity index (χ2n) is 5.46. The first-order valence-corrected chi connectivity index (χ1v) is 9.11. The number of halogens is 1. The molecule has 0 fully saturated rings. The fourth-order valence-electron chi connectivity index (χ4n) is 1.73. The van der Waals surface area contributed by atoms with Crippen LogP contribution >= 0.6 is 11.8 Å². The molecule has 0 aliphatic heterocycles. The maximum absolute atomic E-state index is 12.8. The maximum Gasteiger partial charge on any atom is 0.243 e. The van der Waals surface area contributed by atoms with Crippen molar-refractivity contribution in [1.82, 2.24) is 15.5 Å². The summed E-state index contributed by atoms with van der Waals surface area (Å²) in [6.07, 6.45) is 0.911. The summed E-state index contributed by atoms with van der Waals surface area (Å²) in [7, 11) is 5.04. The summed E-state index contributed by atoms with van der Waals surface area (Å²) in [4.78, 5) is 18.5. The van der Waals surface area contributed by atoms with Crippen LogP contribution in [0, 0.1) is 5.82 Å². The Labute approximate surface area is 153 Å². The molecule has 1 aromatic rings. The zero-order chi connectivity index (χ0) is 18.5. The summed E-state index contributed by atoms with van der Waals surface area (Å²) in [6.45, 7) is 1.99. The van der Waals surface area contributed by atoms with Gasteiger partial charge in [0.25, 0.3) is 0 Å². The van der Waals surface area contributed by atoms with Crippen LogP contribution in [0.3, 0.4) is 0 Å². The Morgan fingerprint density at radius 2 is 1.92 bits per heavy atom. The number of amides is 1. The van der Waals surface area contributed by atoms with Gasteiger partial charge in [-0.2, -0.15) is 0 Å². The van der Waals surface area contributed by atoms with Crippen LogP contribution in [0.4, 0.5) is 4.39 Å². The summed E-state index contributed by atoms with van der Waals surface area (Å²) >= 11 is 1.68. The lowest BCUT2D eigenvalue weighted by Crippen LogP contribution is -2.40. The number of hydrogen-bond donors (Lipinski definition) is 2.